The second-order valence-electron chi connectivity index (χ2n) is 7.57. The minimum atomic E-state index is -0.807. The molecule has 6 nitrogen and oxygen atoms in total. The molecule has 3 N–H and O–H groups in total. The lowest BCUT2D eigenvalue weighted by atomic mass is 9.96. The van der Waals surface area contributed by atoms with E-state index in [1.54, 1.807) is 30.3 Å². The van der Waals surface area contributed by atoms with Crippen molar-refractivity contribution in [2.75, 3.05) is 6.54 Å². The third-order valence-corrected chi connectivity index (χ3v) is 5.47. The van der Waals surface area contributed by atoms with Crippen LogP contribution in [0.2, 0.25) is 0 Å². The van der Waals surface area contributed by atoms with Crippen molar-refractivity contribution in [3.8, 4) is 11.1 Å². The number of aromatic nitrogens is 2. The molecular formula is C22H24FN3O3. The van der Waals surface area contributed by atoms with E-state index in [4.69, 9.17) is 0 Å². The zero-order valence-electron chi connectivity index (χ0n) is 16.0. The molecule has 0 spiro atoms. The highest BCUT2D eigenvalue weighted by atomic mass is 19.1. The number of hydrogen-bond donors (Lipinski definition) is 3. The Kier molecular flexibility index (Phi) is 5.71. The Labute approximate surface area is 167 Å². The van der Waals surface area contributed by atoms with E-state index >= 15 is 0 Å². The van der Waals surface area contributed by atoms with Crippen LogP contribution in [0, 0.1) is 5.82 Å². The monoisotopic (exact) mass is 397 g/mol. The van der Waals surface area contributed by atoms with E-state index in [0.29, 0.717) is 34.9 Å². The molecule has 7 heteroatoms. The molecule has 1 saturated heterocycles. The van der Waals surface area contributed by atoms with Gasteiger partial charge in [-0.05, 0) is 55.1 Å². The van der Waals surface area contributed by atoms with Gasteiger partial charge in [0.05, 0.1) is 36.0 Å². The number of benzene rings is 2. The second-order valence-corrected chi connectivity index (χ2v) is 7.57. The summed E-state index contributed by atoms with van der Waals surface area (Å²) < 4.78 is 15.1. The van der Waals surface area contributed by atoms with Crippen molar-refractivity contribution in [3.05, 3.63) is 65.0 Å². The predicted octanol–water partition coefficient (Wildman–Crippen LogP) is 2.07. The molecule has 1 fully saturated rings. The van der Waals surface area contributed by atoms with Crippen LogP contribution in [0.25, 0.3) is 22.0 Å². The third kappa shape index (κ3) is 4.22. The van der Waals surface area contributed by atoms with E-state index in [1.807, 2.05) is 0 Å². The van der Waals surface area contributed by atoms with Gasteiger partial charge < -0.3 is 15.5 Å². The molecule has 0 radical (unpaired) electrons. The standard InChI is InChI=1S/C22H24FN3O3/c23-15-5-1-4-14(10-15)17-6-2-7-18-21(17)22(29)26(13-25-18)12-16(27)11-19-20(28)8-3-9-24-19/h1-2,4-7,10,13,16,19-20,24,27-28H,3,8-9,11-12H2/t16-,19+,20-/m0/s1. The van der Waals surface area contributed by atoms with Gasteiger partial charge in [0.1, 0.15) is 5.82 Å². The summed E-state index contributed by atoms with van der Waals surface area (Å²) in [4.78, 5) is 17.5. The van der Waals surface area contributed by atoms with Crippen LogP contribution in [-0.2, 0) is 6.54 Å². The fourth-order valence-electron chi connectivity index (χ4n) is 4.00. The maximum absolute atomic E-state index is 13.7. The summed E-state index contributed by atoms with van der Waals surface area (Å²) in [7, 11) is 0. The highest BCUT2D eigenvalue weighted by Crippen LogP contribution is 2.26. The lowest BCUT2D eigenvalue weighted by Crippen LogP contribution is -2.47. The van der Waals surface area contributed by atoms with E-state index in [0.717, 1.165) is 13.0 Å². The highest BCUT2D eigenvalue weighted by molar-refractivity contribution is 5.93. The molecular weight excluding hydrogens is 373 g/mol. The van der Waals surface area contributed by atoms with Crippen LogP contribution in [0.1, 0.15) is 19.3 Å². The Hall–Kier alpha value is -2.61. The number of aliphatic hydroxyl groups is 2. The number of nitrogens with one attached hydrogen (secondary N) is 1. The fraction of sp³-hybridized carbons (Fsp3) is 0.364. The first kappa shape index (κ1) is 19.7. The van der Waals surface area contributed by atoms with Gasteiger partial charge in [0.15, 0.2) is 0 Å². The van der Waals surface area contributed by atoms with Gasteiger partial charge >= 0.3 is 0 Å². The summed E-state index contributed by atoms with van der Waals surface area (Å²) in [5, 5.41) is 24.2. The Morgan fingerprint density at radius 2 is 2.10 bits per heavy atom. The molecule has 2 heterocycles. The van der Waals surface area contributed by atoms with Gasteiger partial charge in [-0.3, -0.25) is 9.36 Å². The number of aliphatic hydroxyl groups excluding tert-OH is 2. The summed E-state index contributed by atoms with van der Waals surface area (Å²) in [5.74, 6) is -0.377. The van der Waals surface area contributed by atoms with Crippen molar-refractivity contribution in [1.29, 1.82) is 0 Å². The lowest BCUT2D eigenvalue weighted by molar-refractivity contribution is 0.0539. The van der Waals surface area contributed by atoms with Crippen LogP contribution in [0.4, 0.5) is 4.39 Å². The van der Waals surface area contributed by atoms with Gasteiger partial charge in [-0.25, -0.2) is 9.37 Å². The van der Waals surface area contributed by atoms with Crippen molar-refractivity contribution < 1.29 is 14.6 Å². The fourth-order valence-corrected chi connectivity index (χ4v) is 4.00. The van der Waals surface area contributed by atoms with E-state index in [1.165, 1.54) is 23.0 Å². The van der Waals surface area contributed by atoms with Crippen molar-refractivity contribution in [1.82, 2.24) is 14.9 Å². The van der Waals surface area contributed by atoms with Gasteiger partial charge in [0.2, 0.25) is 0 Å². The van der Waals surface area contributed by atoms with Crippen LogP contribution < -0.4 is 10.9 Å². The highest BCUT2D eigenvalue weighted by Gasteiger charge is 2.25. The average molecular weight is 397 g/mol. The smallest absolute Gasteiger partial charge is 0.261 e. The molecule has 2 aromatic carbocycles. The number of halogens is 1. The number of piperidine rings is 1. The topological polar surface area (TPSA) is 87.4 Å². The first-order valence-electron chi connectivity index (χ1n) is 9.86. The molecule has 1 aliphatic heterocycles. The summed E-state index contributed by atoms with van der Waals surface area (Å²) in [6, 6.07) is 11.2. The molecule has 3 aromatic rings. The van der Waals surface area contributed by atoms with Crippen molar-refractivity contribution in [3.63, 3.8) is 0 Å². The molecule has 3 atom stereocenters. The molecule has 0 aliphatic carbocycles. The second kappa shape index (κ2) is 8.41. The predicted molar refractivity (Wildman–Crippen MR) is 109 cm³/mol. The van der Waals surface area contributed by atoms with Crippen LogP contribution in [0.15, 0.2) is 53.6 Å². The number of hydrogen-bond acceptors (Lipinski definition) is 5. The molecule has 152 valence electrons. The van der Waals surface area contributed by atoms with Gasteiger partial charge in [0, 0.05) is 6.04 Å². The van der Waals surface area contributed by atoms with Gasteiger partial charge in [-0.2, -0.15) is 0 Å². The quantitative estimate of drug-likeness (QED) is 0.614. The first-order chi connectivity index (χ1) is 14.0. The molecule has 0 unspecified atom stereocenters. The van der Waals surface area contributed by atoms with Crippen LogP contribution in [-0.4, -0.2) is 44.6 Å². The molecule has 0 bridgehead atoms. The van der Waals surface area contributed by atoms with Gasteiger partial charge in [-0.1, -0.05) is 24.3 Å². The number of nitrogens with zero attached hydrogens (tertiary/aromatic N) is 2. The van der Waals surface area contributed by atoms with E-state index in [-0.39, 0.29) is 24.0 Å². The van der Waals surface area contributed by atoms with E-state index < -0.39 is 12.2 Å². The van der Waals surface area contributed by atoms with Crippen LogP contribution in [0.3, 0.4) is 0 Å². The summed E-state index contributed by atoms with van der Waals surface area (Å²) in [6.45, 7) is 0.882. The SMILES string of the molecule is O=c1c2c(-c3cccc(F)c3)cccc2ncn1C[C@@H](O)C[C@H]1NCCC[C@@H]1O. The van der Waals surface area contributed by atoms with Crippen LogP contribution in [0.5, 0.6) is 0 Å². The molecule has 0 amide bonds. The third-order valence-electron chi connectivity index (χ3n) is 5.47. The Balaban J connectivity index is 1.65. The van der Waals surface area contributed by atoms with Gasteiger partial charge in [-0.15, -0.1) is 0 Å². The molecule has 0 saturated carbocycles. The Morgan fingerprint density at radius 3 is 2.90 bits per heavy atom. The van der Waals surface area contributed by atoms with Gasteiger partial charge in [0.25, 0.3) is 5.56 Å². The van der Waals surface area contributed by atoms with Crippen LogP contribution >= 0.6 is 0 Å². The lowest BCUT2D eigenvalue weighted by Gasteiger charge is -2.30. The summed E-state index contributed by atoms with van der Waals surface area (Å²) >= 11 is 0. The molecule has 29 heavy (non-hydrogen) atoms. The molecule has 1 aliphatic rings. The zero-order chi connectivity index (χ0) is 20.4. The summed E-state index contributed by atoms with van der Waals surface area (Å²) in [6.07, 6.45) is 2.08. The number of rotatable bonds is 5. The maximum atomic E-state index is 13.7. The molecule has 1 aromatic heterocycles. The summed E-state index contributed by atoms with van der Waals surface area (Å²) in [5.41, 5.74) is 1.44. The minimum Gasteiger partial charge on any atom is -0.392 e. The maximum Gasteiger partial charge on any atom is 0.261 e. The first-order valence-corrected chi connectivity index (χ1v) is 9.86. The molecule has 4 rings (SSSR count). The number of fused-ring (bicyclic) bond motifs is 1. The van der Waals surface area contributed by atoms with Crippen molar-refractivity contribution in [2.24, 2.45) is 0 Å². The normalized spacial score (nSPS) is 20.7. The zero-order valence-corrected chi connectivity index (χ0v) is 16.0. The van der Waals surface area contributed by atoms with Crippen molar-refractivity contribution in [2.45, 2.75) is 44.1 Å². The minimum absolute atomic E-state index is 0.0736. The average Bonchev–Trinajstić information content (AvgIpc) is 2.71. The Morgan fingerprint density at radius 1 is 1.28 bits per heavy atom. The largest absolute Gasteiger partial charge is 0.392 e. The Bertz CT molecular complexity index is 1070. The van der Waals surface area contributed by atoms with E-state index in [2.05, 4.69) is 10.3 Å². The van der Waals surface area contributed by atoms with Crippen molar-refractivity contribution >= 4 is 10.9 Å². The van der Waals surface area contributed by atoms with E-state index in [9.17, 15) is 19.4 Å².